The SMILES string of the molecule is Nc1c(OCCC2CC2)cccc1C(=O)O. The third-order valence-corrected chi connectivity index (χ3v) is 2.78. The number of hydrogen-bond donors (Lipinski definition) is 2. The predicted molar refractivity (Wildman–Crippen MR) is 60.6 cm³/mol. The fourth-order valence-corrected chi connectivity index (χ4v) is 1.60. The summed E-state index contributed by atoms with van der Waals surface area (Å²) in [5.74, 6) is 0.245. The molecule has 1 aromatic rings. The maximum atomic E-state index is 10.8. The largest absolute Gasteiger partial charge is 0.491 e. The van der Waals surface area contributed by atoms with Gasteiger partial charge in [-0.25, -0.2) is 4.79 Å². The number of carboxylic acid groups (broad SMARTS) is 1. The first-order chi connectivity index (χ1) is 7.68. The van der Waals surface area contributed by atoms with Gasteiger partial charge in [-0.15, -0.1) is 0 Å². The van der Waals surface area contributed by atoms with Crippen LogP contribution >= 0.6 is 0 Å². The molecule has 0 spiro atoms. The smallest absolute Gasteiger partial charge is 0.337 e. The molecule has 4 heteroatoms. The van der Waals surface area contributed by atoms with Crippen molar-refractivity contribution in [2.24, 2.45) is 5.92 Å². The summed E-state index contributed by atoms with van der Waals surface area (Å²) in [7, 11) is 0. The summed E-state index contributed by atoms with van der Waals surface area (Å²) < 4.78 is 5.49. The Morgan fingerprint density at radius 2 is 2.25 bits per heavy atom. The van der Waals surface area contributed by atoms with Gasteiger partial charge in [-0.05, 0) is 24.5 Å². The number of benzene rings is 1. The zero-order valence-corrected chi connectivity index (χ0v) is 8.98. The van der Waals surface area contributed by atoms with Gasteiger partial charge in [-0.2, -0.15) is 0 Å². The second-order valence-electron chi connectivity index (χ2n) is 4.10. The number of hydrogen-bond acceptors (Lipinski definition) is 3. The van der Waals surface area contributed by atoms with E-state index in [1.165, 1.54) is 18.9 Å². The van der Waals surface area contributed by atoms with Crippen LogP contribution in [0.4, 0.5) is 5.69 Å². The van der Waals surface area contributed by atoms with Crippen LogP contribution < -0.4 is 10.5 Å². The molecule has 1 fully saturated rings. The molecule has 1 aliphatic carbocycles. The molecule has 0 unspecified atom stereocenters. The molecule has 3 N–H and O–H groups in total. The van der Waals surface area contributed by atoms with E-state index in [-0.39, 0.29) is 11.3 Å². The third kappa shape index (κ3) is 2.45. The fourth-order valence-electron chi connectivity index (χ4n) is 1.60. The van der Waals surface area contributed by atoms with Crippen LogP contribution in [0.2, 0.25) is 0 Å². The van der Waals surface area contributed by atoms with Crippen LogP contribution in [0.25, 0.3) is 0 Å². The average Bonchev–Trinajstić information content (AvgIpc) is 3.04. The lowest BCUT2D eigenvalue weighted by molar-refractivity contribution is 0.0697. The van der Waals surface area contributed by atoms with Gasteiger partial charge in [0.25, 0.3) is 0 Å². The summed E-state index contributed by atoms with van der Waals surface area (Å²) in [4.78, 5) is 10.8. The average molecular weight is 221 g/mol. The van der Waals surface area contributed by atoms with E-state index in [0.29, 0.717) is 12.4 Å². The van der Waals surface area contributed by atoms with Crippen LogP contribution in [0.1, 0.15) is 29.6 Å². The summed E-state index contributed by atoms with van der Waals surface area (Å²) in [6.45, 7) is 0.609. The van der Waals surface area contributed by atoms with Crippen LogP contribution in [0, 0.1) is 5.92 Å². The number of carboxylic acids is 1. The zero-order chi connectivity index (χ0) is 11.5. The third-order valence-electron chi connectivity index (χ3n) is 2.78. The maximum Gasteiger partial charge on any atom is 0.337 e. The Labute approximate surface area is 94.0 Å². The number of nitrogen functional groups attached to an aromatic ring is 1. The molecular weight excluding hydrogens is 206 g/mol. The molecule has 1 aliphatic rings. The molecule has 1 aromatic carbocycles. The van der Waals surface area contributed by atoms with Gasteiger partial charge in [0.15, 0.2) is 0 Å². The zero-order valence-electron chi connectivity index (χ0n) is 8.98. The highest BCUT2D eigenvalue weighted by atomic mass is 16.5. The quantitative estimate of drug-likeness (QED) is 0.747. The molecule has 2 rings (SSSR count). The maximum absolute atomic E-state index is 10.8. The Hall–Kier alpha value is -1.71. The van der Waals surface area contributed by atoms with Crippen molar-refractivity contribution in [3.63, 3.8) is 0 Å². The highest BCUT2D eigenvalue weighted by Crippen LogP contribution is 2.33. The number of aromatic carboxylic acids is 1. The van der Waals surface area contributed by atoms with Crippen LogP contribution in [0.3, 0.4) is 0 Å². The van der Waals surface area contributed by atoms with Crippen LogP contribution in [0.5, 0.6) is 5.75 Å². The Kier molecular flexibility index (Phi) is 2.99. The van der Waals surface area contributed by atoms with Crippen molar-refractivity contribution in [1.29, 1.82) is 0 Å². The monoisotopic (exact) mass is 221 g/mol. The van der Waals surface area contributed by atoms with Crippen molar-refractivity contribution in [2.45, 2.75) is 19.3 Å². The predicted octanol–water partition coefficient (Wildman–Crippen LogP) is 2.15. The first kappa shape index (κ1) is 10.8. The van der Waals surface area contributed by atoms with Gasteiger partial charge in [0, 0.05) is 0 Å². The normalized spacial score (nSPS) is 14.8. The van der Waals surface area contributed by atoms with E-state index in [9.17, 15) is 4.79 Å². The van der Waals surface area contributed by atoms with Gasteiger partial charge in [0.2, 0.25) is 0 Å². The molecule has 16 heavy (non-hydrogen) atoms. The van der Waals surface area contributed by atoms with E-state index in [4.69, 9.17) is 15.6 Å². The molecular formula is C12H15NO3. The van der Waals surface area contributed by atoms with Crippen LogP contribution in [0.15, 0.2) is 18.2 Å². The van der Waals surface area contributed by atoms with Crippen molar-refractivity contribution in [3.05, 3.63) is 23.8 Å². The Bertz CT molecular complexity index is 399. The lowest BCUT2D eigenvalue weighted by Crippen LogP contribution is -2.06. The minimum absolute atomic E-state index is 0.101. The first-order valence-electron chi connectivity index (χ1n) is 5.43. The van der Waals surface area contributed by atoms with Crippen molar-refractivity contribution < 1.29 is 14.6 Å². The number of rotatable bonds is 5. The molecule has 86 valence electrons. The second kappa shape index (κ2) is 4.43. The minimum atomic E-state index is -1.02. The molecule has 0 atom stereocenters. The van der Waals surface area contributed by atoms with Crippen LogP contribution in [-0.4, -0.2) is 17.7 Å². The van der Waals surface area contributed by atoms with Gasteiger partial charge in [-0.3, -0.25) is 0 Å². The van der Waals surface area contributed by atoms with Crippen molar-refractivity contribution in [2.75, 3.05) is 12.3 Å². The fraction of sp³-hybridized carbons (Fsp3) is 0.417. The first-order valence-corrected chi connectivity index (χ1v) is 5.43. The molecule has 0 radical (unpaired) electrons. The highest BCUT2D eigenvalue weighted by molar-refractivity contribution is 5.95. The molecule has 1 saturated carbocycles. The molecule has 0 bridgehead atoms. The number of para-hydroxylation sites is 1. The van der Waals surface area contributed by atoms with E-state index < -0.39 is 5.97 Å². The van der Waals surface area contributed by atoms with Gasteiger partial charge >= 0.3 is 5.97 Å². The van der Waals surface area contributed by atoms with Gasteiger partial charge in [0.05, 0.1) is 17.9 Å². The summed E-state index contributed by atoms with van der Waals surface area (Å²) in [6, 6.07) is 4.83. The van der Waals surface area contributed by atoms with Crippen molar-refractivity contribution in [1.82, 2.24) is 0 Å². The Morgan fingerprint density at radius 3 is 2.88 bits per heavy atom. The van der Waals surface area contributed by atoms with Crippen LogP contribution in [-0.2, 0) is 0 Å². The van der Waals surface area contributed by atoms with E-state index in [0.717, 1.165) is 12.3 Å². The van der Waals surface area contributed by atoms with Crippen molar-refractivity contribution in [3.8, 4) is 5.75 Å². The van der Waals surface area contributed by atoms with E-state index in [1.54, 1.807) is 12.1 Å². The topological polar surface area (TPSA) is 72.5 Å². The number of anilines is 1. The number of ether oxygens (including phenoxy) is 1. The summed E-state index contributed by atoms with van der Waals surface area (Å²) in [5, 5.41) is 8.88. The summed E-state index contributed by atoms with van der Waals surface area (Å²) >= 11 is 0. The summed E-state index contributed by atoms with van der Waals surface area (Å²) in [6.07, 6.45) is 3.60. The minimum Gasteiger partial charge on any atom is -0.491 e. The lowest BCUT2D eigenvalue weighted by Gasteiger charge is -2.10. The molecule has 0 aromatic heterocycles. The molecule has 0 heterocycles. The van der Waals surface area contributed by atoms with E-state index in [1.807, 2.05) is 0 Å². The van der Waals surface area contributed by atoms with Crippen molar-refractivity contribution >= 4 is 11.7 Å². The Morgan fingerprint density at radius 1 is 1.50 bits per heavy atom. The molecule has 0 saturated heterocycles. The lowest BCUT2D eigenvalue weighted by atomic mass is 10.1. The summed E-state index contributed by atoms with van der Waals surface area (Å²) in [5.41, 5.74) is 6.03. The highest BCUT2D eigenvalue weighted by Gasteiger charge is 2.21. The molecule has 4 nitrogen and oxygen atoms in total. The van der Waals surface area contributed by atoms with E-state index in [2.05, 4.69) is 0 Å². The van der Waals surface area contributed by atoms with Gasteiger partial charge < -0.3 is 15.6 Å². The number of nitrogens with two attached hydrogens (primary N) is 1. The van der Waals surface area contributed by atoms with E-state index >= 15 is 0 Å². The van der Waals surface area contributed by atoms with Gasteiger partial charge in [0.1, 0.15) is 5.75 Å². The molecule has 0 amide bonds. The molecule has 0 aliphatic heterocycles. The Balaban J connectivity index is 2.01. The number of carbonyl (C=O) groups is 1. The standard InChI is InChI=1S/C12H15NO3/c13-11-9(12(14)15)2-1-3-10(11)16-7-6-8-4-5-8/h1-3,8H,4-7,13H2,(H,14,15). The second-order valence-corrected chi connectivity index (χ2v) is 4.10. The van der Waals surface area contributed by atoms with Gasteiger partial charge in [-0.1, -0.05) is 18.9 Å².